The summed E-state index contributed by atoms with van der Waals surface area (Å²) in [7, 11) is 0. The van der Waals surface area contributed by atoms with Gasteiger partial charge in [0.05, 0.1) is 11.9 Å². The smallest absolute Gasteiger partial charge is 0.319 e. The molecule has 0 aliphatic carbocycles. The molecular weight excluding hydrogens is 270 g/mol. The van der Waals surface area contributed by atoms with Gasteiger partial charge in [0.1, 0.15) is 0 Å². The van der Waals surface area contributed by atoms with E-state index in [1.807, 2.05) is 30.5 Å². The number of nitrogens with one attached hydrogen (secondary N) is 2. The van der Waals surface area contributed by atoms with Gasteiger partial charge in [-0.15, -0.1) is 0 Å². The van der Waals surface area contributed by atoms with Crippen molar-refractivity contribution in [3.8, 4) is 0 Å². The van der Waals surface area contributed by atoms with Crippen LogP contribution in [0.3, 0.4) is 0 Å². The van der Waals surface area contributed by atoms with Crippen LogP contribution in [-0.4, -0.2) is 28.2 Å². The van der Waals surface area contributed by atoms with Crippen LogP contribution < -0.4 is 10.6 Å². The van der Waals surface area contributed by atoms with E-state index in [0.29, 0.717) is 5.69 Å². The van der Waals surface area contributed by atoms with Crippen LogP contribution in [0.4, 0.5) is 10.5 Å². The lowest BCUT2D eigenvalue weighted by atomic mass is 10.2. The Balaban J connectivity index is 2.03. The number of aromatic nitrogens is 1. The maximum Gasteiger partial charge on any atom is 0.319 e. The third kappa shape index (κ3) is 3.98. The third-order valence-electron chi connectivity index (χ3n) is 3.12. The Labute approximate surface area is 122 Å². The quantitative estimate of drug-likeness (QED) is 0.764. The van der Waals surface area contributed by atoms with Gasteiger partial charge in [0.15, 0.2) is 0 Å². The van der Waals surface area contributed by atoms with Crippen molar-refractivity contribution in [3.05, 3.63) is 30.5 Å². The summed E-state index contributed by atoms with van der Waals surface area (Å²) in [5, 5.41) is 14.9. The Morgan fingerprint density at radius 1 is 1.29 bits per heavy atom. The average molecular weight is 289 g/mol. The number of hydrogen-bond acceptors (Lipinski definition) is 2. The number of urea groups is 1. The Morgan fingerprint density at radius 2 is 2.10 bits per heavy atom. The van der Waals surface area contributed by atoms with Gasteiger partial charge in [-0.25, -0.2) is 4.79 Å². The van der Waals surface area contributed by atoms with E-state index in [2.05, 4.69) is 22.1 Å². The number of anilines is 1. The van der Waals surface area contributed by atoms with Gasteiger partial charge >= 0.3 is 12.0 Å². The summed E-state index contributed by atoms with van der Waals surface area (Å²) in [6.07, 6.45) is 2.98. The molecule has 0 atom stereocenters. The number of aryl methyl sites for hydroxylation is 1. The molecule has 3 N–H and O–H groups in total. The summed E-state index contributed by atoms with van der Waals surface area (Å²) < 4.78 is 2.14. The zero-order valence-corrected chi connectivity index (χ0v) is 11.9. The highest BCUT2D eigenvalue weighted by Crippen LogP contribution is 2.20. The van der Waals surface area contributed by atoms with Gasteiger partial charge in [0.2, 0.25) is 0 Å². The zero-order chi connectivity index (χ0) is 15.2. The summed E-state index contributed by atoms with van der Waals surface area (Å²) in [4.78, 5) is 22.0. The Hall–Kier alpha value is -2.50. The van der Waals surface area contributed by atoms with E-state index in [4.69, 9.17) is 5.11 Å². The number of amides is 2. The second kappa shape index (κ2) is 6.78. The molecule has 21 heavy (non-hydrogen) atoms. The number of nitrogens with zero attached hydrogens (tertiary/aromatic N) is 1. The number of carboxylic acid groups (broad SMARTS) is 1. The average Bonchev–Trinajstić information content (AvgIpc) is 2.81. The molecule has 0 fully saturated rings. The van der Waals surface area contributed by atoms with E-state index < -0.39 is 12.0 Å². The zero-order valence-electron chi connectivity index (χ0n) is 11.9. The van der Waals surface area contributed by atoms with Crippen LogP contribution >= 0.6 is 0 Å². The molecule has 0 bridgehead atoms. The van der Waals surface area contributed by atoms with Gasteiger partial charge in [0.25, 0.3) is 0 Å². The van der Waals surface area contributed by atoms with E-state index in [0.717, 1.165) is 23.9 Å². The van der Waals surface area contributed by atoms with E-state index in [9.17, 15) is 9.59 Å². The molecule has 0 saturated heterocycles. The SMILES string of the molecule is CCCn1ccc2ccc(NC(=O)NCCC(=O)O)cc21. The molecule has 6 heteroatoms. The number of rotatable bonds is 6. The van der Waals surface area contributed by atoms with Crippen LogP contribution in [0.25, 0.3) is 10.9 Å². The predicted octanol–water partition coefficient (Wildman–Crippen LogP) is 2.65. The molecule has 112 valence electrons. The summed E-state index contributed by atoms with van der Waals surface area (Å²) in [5.41, 5.74) is 1.76. The van der Waals surface area contributed by atoms with Crippen LogP contribution in [0.2, 0.25) is 0 Å². The van der Waals surface area contributed by atoms with Gasteiger partial charge in [-0.2, -0.15) is 0 Å². The molecule has 1 heterocycles. The Morgan fingerprint density at radius 3 is 2.81 bits per heavy atom. The van der Waals surface area contributed by atoms with Gasteiger partial charge in [0, 0.05) is 25.0 Å². The van der Waals surface area contributed by atoms with Crippen LogP contribution in [-0.2, 0) is 11.3 Å². The lowest BCUT2D eigenvalue weighted by Crippen LogP contribution is -2.30. The normalized spacial score (nSPS) is 10.5. The van der Waals surface area contributed by atoms with E-state index in [-0.39, 0.29) is 13.0 Å². The van der Waals surface area contributed by atoms with Crippen molar-refractivity contribution in [3.63, 3.8) is 0 Å². The fourth-order valence-electron chi connectivity index (χ4n) is 2.16. The van der Waals surface area contributed by atoms with Crippen LogP contribution in [0, 0.1) is 0 Å². The monoisotopic (exact) mass is 289 g/mol. The number of benzene rings is 1. The van der Waals surface area contributed by atoms with Crippen molar-refractivity contribution in [2.24, 2.45) is 0 Å². The van der Waals surface area contributed by atoms with E-state index >= 15 is 0 Å². The minimum absolute atomic E-state index is 0.0915. The van der Waals surface area contributed by atoms with Crippen molar-refractivity contribution in [2.75, 3.05) is 11.9 Å². The molecule has 6 nitrogen and oxygen atoms in total. The van der Waals surface area contributed by atoms with Crippen LogP contribution in [0.15, 0.2) is 30.5 Å². The molecule has 2 amide bonds. The van der Waals surface area contributed by atoms with Crippen molar-refractivity contribution in [1.82, 2.24) is 9.88 Å². The maximum atomic E-state index is 11.7. The van der Waals surface area contributed by atoms with Crippen LogP contribution in [0.5, 0.6) is 0 Å². The third-order valence-corrected chi connectivity index (χ3v) is 3.12. The topological polar surface area (TPSA) is 83.4 Å². The Kier molecular flexibility index (Phi) is 4.81. The number of hydrogen-bond donors (Lipinski definition) is 3. The van der Waals surface area contributed by atoms with Gasteiger partial charge in [-0.1, -0.05) is 13.0 Å². The predicted molar refractivity (Wildman–Crippen MR) is 81.5 cm³/mol. The fourth-order valence-corrected chi connectivity index (χ4v) is 2.16. The highest BCUT2D eigenvalue weighted by molar-refractivity contribution is 5.92. The van der Waals surface area contributed by atoms with Gasteiger partial charge in [-0.3, -0.25) is 4.79 Å². The minimum Gasteiger partial charge on any atom is -0.481 e. The number of fused-ring (bicyclic) bond motifs is 1. The molecule has 1 aromatic heterocycles. The number of aliphatic carboxylic acids is 1. The molecule has 0 spiro atoms. The molecule has 0 aliphatic heterocycles. The number of carboxylic acids is 1. The maximum absolute atomic E-state index is 11.7. The lowest BCUT2D eigenvalue weighted by molar-refractivity contribution is -0.136. The van der Waals surface area contributed by atoms with E-state index in [1.54, 1.807) is 0 Å². The minimum atomic E-state index is -0.936. The summed E-state index contributed by atoms with van der Waals surface area (Å²) in [5.74, 6) is -0.936. The number of carbonyl (C=O) groups excluding carboxylic acids is 1. The van der Waals surface area contributed by atoms with Gasteiger partial charge in [-0.05, 0) is 30.0 Å². The molecule has 2 aromatic rings. The molecule has 0 radical (unpaired) electrons. The highest BCUT2D eigenvalue weighted by atomic mass is 16.4. The second-order valence-electron chi connectivity index (χ2n) is 4.81. The summed E-state index contributed by atoms with van der Waals surface area (Å²) in [6.45, 7) is 3.15. The Bertz CT molecular complexity index is 649. The molecular formula is C15H19N3O3. The first kappa shape index (κ1) is 14.9. The first-order chi connectivity index (χ1) is 10.1. The molecule has 0 aliphatic rings. The van der Waals surface area contributed by atoms with Crippen molar-refractivity contribution < 1.29 is 14.7 Å². The van der Waals surface area contributed by atoms with Crippen molar-refractivity contribution in [1.29, 1.82) is 0 Å². The number of carbonyl (C=O) groups is 2. The fraction of sp³-hybridized carbons (Fsp3) is 0.333. The molecule has 1 aromatic carbocycles. The van der Waals surface area contributed by atoms with E-state index in [1.165, 1.54) is 0 Å². The van der Waals surface area contributed by atoms with Gasteiger partial charge < -0.3 is 20.3 Å². The summed E-state index contributed by atoms with van der Waals surface area (Å²) >= 11 is 0. The first-order valence-corrected chi connectivity index (χ1v) is 6.95. The molecule has 2 rings (SSSR count). The second-order valence-corrected chi connectivity index (χ2v) is 4.81. The van der Waals surface area contributed by atoms with Crippen molar-refractivity contribution >= 4 is 28.6 Å². The summed E-state index contributed by atoms with van der Waals surface area (Å²) in [6, 6.07) is 7.34. The highest BCUT2D eigenvalue weighted by Gasteiger charge is 2.05. The first-order valence-electron chi connectivity index (χ1n) is 6.95. The standard InChI is InChI=1S/C15H19N3O3/c1-2-8-18-9-6-11-3-4-12(10-13(11)18)17-15(21)16-7-5-14(19)20/h3-4,6,9-10H,2,5,7-8H2,1H3,(H,19,20)(H2,16,17,21). The van der Waals surface area contributed by atoms with Crippen molar-refractivity contribution in [2.45, 2.75) is 26.3 Å². The largest absolute Gasteiger partial charge is 0.481 e. The molecule has 0 unspecified atom stereocenters. The molecule has 0 saturated carbocycles. The lowest BCUT2D eigenvalue weighted by Gasteiger charge is -2.08. The van der Waals surface area contributed by atoms with Crippen LogP contribution in [0.1, 0.15) is 19.8 Å².